The summed E-state index contributed by atoms with van der Waals surface area (Å²) in [6.07, 6.45) is 0.286. The summed E-state index contributed by atoms with van der Waals surface area (Å²) in [5.41, 5.74) is 1.53. The van der Waals surface area contributed by atoms with Gasteiger partial charge in [-0.25, -0.2) is 0 Å². The molecule has 2 fully saturated rings. The molecule has 1 aromatic rings. The van der Waals surface area contributed by atoms with E-state index < -0.39 is 23.8 Å². The summed E-state index contributed by atoms with van der Waals surface area (Å²) in [6, 6.07) is 4.77. The highest BCUT2D eigenvalue weighted by molar-refractivity contribution is 6.23. The standard InChI is InChI=1S/C18H20N4O4/c1-20(2)11-8-21(9-11)10-3-4-12-13(7-10)18(26)22(17(12)25)14-5-6-15(23)19-16(14)24/h3-4,7,11,14H,5-6,8-9H2,1-2H3,(H,19,23,24). The number of hydrogen-bond donors (Lipinski definition) is 1. The molecule has 0 aliphatic carbocycles. The molecule has 0 radical (unpaired) electrons. The van der Waals surface area contributed by atoms with Gasteiger partial charge in [-0.1, -0.05) is 0 Å². The Kier molecular flexibility index (Phi) is 3.80. The van der Waals surface area contributed by atoms with Crippen molar-refractivity contribution >= 4 is 29.3 Å². The number of benzene rings is 1. The van der Waals surface area contributed by atoms with Crippen molar-refractivity contribution in [1.82, 2.24) is 15.1 Å². The van der Waals surface area contributed by atoms with Crippen LogP contribution in [0.15, 0.2) is 18.2 Å². The Labute approximate surface area is 150 Å². The van der Waals surface area contributed by atoms with Crippen LogP contribution in [0.5, 0.6) is 0 Å². The van der Waals surface area contributed by atoms with Crippen molar-refractivity contribution < 1.29 is 19.2 Å². The average molecular weight is 356 g/mol. The molecule has 136 valence electrons. The van der Waals surface area contributed by atoms with E-state index in [-0.39, 0.29) is 18.7 Å². The number of likely N-dealkylation sites (N-methyl/N-ethyl adjacent to an activating group) is 1. The average Bonchev–Trinajstić information content (AvgIpc) is 2.78. The van der Waals surface area contributed by atoms with Crippen LogP contribution in [-0.2, 0) is 9.59 Å². The fraction of sp³-hybridized carbons (Fsp3) is 0.444. The number of nitrogens with one attached hydrogen (secondary N) is 1. The number of imide groups is 2. The molecule has 4 rings (SSSR count). The zero-order valence-electron chi connectivity index (χ0n) is 14.7. The highest BCUT2D eigenvalue weighted by atomic mass is 16.2. The molecule has 0 spiro atoms. The first-order chi connectivity index (χ1) is 12.4. The second-order valence-electron chi connectivity index (χ2n) is 7.20. The summed E-state index contributed by atoms with van der Waals surface area (Å²) in [4.78, 5) is 54.2. The van der Waals surface area contributed by atoms with E-state index in [0.29, 0.717) is 17.2 Å². The van der Waals surface area contributed by atoms with Crippen molar-refractivity contribution in [2.45, 2.75) is 24.9 Å². The van der Waals surface area contributed by atoms with Crippen molar-refractivity contribution in [3.05, 3.63) is 29.3 Å². The highest BCUT2D eigenvalue weighted by Crippen LogP contribution is 2.32. The Morgan fingerprint density at radius 3 is 2.38 bits per heavy atom. The van der Waals surface area contributed by atoms with Gasteiger partial charge in [0.15, 0.2) is 0 Å². The summed E-state index contributed by atoms with van der Waals surface area (Å²) in [6.45, 7) is 1.73. The first kappa shape index (κ1) is 16.7. The molecule has 3 aliphatic heterocycles. The number of hydrogen-bond acceptors (Lipinski definition) is 6. The third-order valence-electron chi connectivity index (χ3n) is 5.38. The number of anilines is 1. The Balaban J connectivity index is 1.57. The number of nitrogens with zero attached hydrogens (tertiary/aromatic N) is 3. The molecule has 3 aliphatic rings. The van der Waals surface area contributed by atoms with Crippen molar-refractivity contribution in [3.63, 3.8) is 0 Å². The molecule has 26 heavy (non-hydrogen) atoms. The molecule has 8 heteroatoms. The summed E-state index contributed by atoms with van der Waals surface area (Å²) < 4.78 is 0. The van der Waals surface area contributed by atoms with Crippen LogP contribution in [-0.4, -0.2) is 72.7 Å². The fourth-order valence-electron chi connectivity index (χ4n) is 3.65. The van der Waals surface area contributed by atoms with Crippen LogP contribution < -0.4 is 10.2 Å². The van der Waals surface area contributed by atoms with Crippen LogP contribution in [0.1, 0.15) is 33.6 Å². The van der Waals surface area contributed by atoms with Crippen LogP contribution in [0.2, 0.25) is 0 Å². The zero-order chi connectivity index (χ0) is 18.6. The number of rotatable bonds is 3. The summed E-state index contributed by atoms with van der Waals surface area (Å²) in [5.74, 6) is -1.90. The van der Waals surface area contributed by atoms with Gasteiger partial charge in [0.2, 0.25) is 11.8 Å². The monoisotopic (exact) mass is 356 g/mol. The Morgan fingerprint density at radius 1 is 1.04 bits per heavy atom. The molecule has 0 aromatic heterocycles. The van der Waals surface area contributed by atoms with Gasteiger partial charge < -0.3 is 9.80 Å². The van der Waals surface area contributed by atoms with E-state index in [1.807, 2.05) is 20.2 Å². The van der Waals surface area contributed by atoms with E-state index in [9.17, 15) is 19.2 Å². The fourth-order valence-corrected chi connectivity index (χ4v) is 3.65. The van der Waals surface area contributed by atoms with Gasteiger partial charge in [-0.2, -0.15) is 0 Å². The van der Waals surface area contributed by atoms with Crippen LogP contribution in [0.25, 0.3) is 0 Å². The Bertz CT molecular complexity index is 828. The lowest BCUT2D eigenvalue weighted by Gasteiger charge is -2.44. The third-order valence-corrected chi connectivity index (χ3v) is 5.38. The largest absolute Gasteiger partial charge is 0.368 e. The molecule has 4 amide bonds. The van der Waals surface area contributed by atoms with Gasteiger partial charge in [0.05, 0.1) is 11.1 Å². The minimum Gasteiger partial charge on any atom is -0.368 e. The van der Waals surface area contributed by atoms with Crippen molar-refractivity contribution in [2.75, 3.05) is 32.1 Å². The molecule has 1 unspecified atom stereocenters. The van der Waals surface area contributed by atoms with Gasteiger partial charge in [0.25, 0.3) is 11.8 Å². The van der Waals surface area contributed by atoms with Gasteiger partial charge in [-0.05, 0) is 38.7 Å². The molecule has 1 atom stereocenters. The number of amides is 4. The minimum atomic E-state index is -0.925. The van der Waals surface area contributed by atoms with Gasteiger partial charge in [-0.3, -0.25) is 29.4 Å². The molecular formula is C18H20N4O4. The van der Waals surface area contributed by atoms with E-state index in [1.54, 1.807) is 12.1 Å². The number of carbonyl (C=O) groups excluding carboxylic acids is 4. The van der Waals surface area contributed by atoms with E-state index >= 15 is 0 Å². The summed E-state index contributed by atoms with van der Waals surface area (Å²) in [7, 11) is 4.06. The van der Waals surface area contributed by atoms with Gasteiger partial charge in [0, 0.05) is 31.2 Å². The first-order valence-corrected chi connectivity index (χ1v) is 8.64. The van der Waals surface area contributed by atoms with Crippen molar-refractivity contribution in [3.8, 4) is 0 Å². The maximum atomic E-state index is 12.8. The van der Waals surface area contributed by atoms with Crippen LogP contribution in [0.3, 0.4) is 0 Å². The predicted molar refractivity (Wildman–Crippen MR) is 92.8 cm³/mol. The smallest absolute Gasteiger partial charge is 0.262 e. The quantitative estimate of drug-likeness (QED) is 0.757. The normalized spacial score (nSPS) is 23.4. The van der Waals surface area contributed by atoms with Gasteiger partial charge in [0.1, 0.15) is 6.04 Å². The van der Waals surface area contributed by atoms with Crippen LogP contribution in [0, 0.1) is 0 Å². The second kappa shape index (κ2) is 5.91. The van der Waals surface area contributed by atoms with E-state index in [0.717, 1.165) is 23.7 Å². The van der Waals surface area contributed by atoms with Gasteiger partial charge >= 0.3 is 0 Å². The zero-order valence-corrected chi connectivity index (χ0v) is 14.7. The number of carbonyl (C=O) groups is 4. The Morgan fingerprint density at radius 2 is 1.73 bits per heavy atom. The molecule has 2 saturated heterocycles. The van der Waals surface area contributed by atoms with Crippen LogP contribution >= 0.6 is 0 Å². The number of piperidine rings is 1. The summed E-state index contributed by atoms with van der Waals surface area (Å²) in [5, 5.41) is 2.20. The molecule has 0 saturated carbocycles. The molecule has 8 nitrogen and oxygen atoms in total. The molecule has 1 N–H and O–H groups in total. The number of fused-ring (bicyclic) bond motifs is 1. The molecule has 1 aromatic carbocycles. The topological polar surface area (TPSA) is 90.0 Å². The van der Waals surface area contributed by atoms with Crippen molar-refractivity contribution in [1.29, 1.82) is 0 Å². The molecule has 3 heterocycles. The lowest BCUT2D eigenvalue weighted by molar-refractivity contribution is -0.136. The van der Waals surface area contributed by atoms with Gasteiger partial charge in [-0.15, -0.1) is 0 Å². The highest BCUT2D eigenvalue weighted by Gasteiger charge is 2.45. The lowest BCUT2D eigenvalue weighted by Crippen LogP contribution is -2.57. The predicted octanol–water partition coefficient (Wildman–Crippen LogP) is -0.162. The van der Waals surface area contributed by atoms with E-state index in [1.165, 1.54) is 0 Å². The molecule has 0 bridgehead atoms. The van der Waals surface area contributed by atoms with E-state index in [4.69, 9.17) is 0 Å². The molecular weight excluding hydrogens is 336 g/mol. The maximum Gasteiger partial charge on any atom is 0.262 e. The third kappa shape index (κ3) is 2.48. The van der Waals surface area contributed by atoms with E-state index in [2.05, 4.69) is 15.1 Å². The Hall–Kier alpha value is -2.74. The van der Waals surface area contributed by atoms with Crippen LogP contribution in [0.4, 0.5) is 5.69 Å². The maximum absolute atomic E-state index is 12.8. The SMILES string of the molecule is CN(C)C1CN(c2ccc3c(c2)C(=O)N(C2CCC(=O)NC2=O)C3=O)C1. The first-order valence-electron chi connectivity index (χ1n) is 8.64. The second-order valence-corrected chi connectivity index (χ2v) is 7.20. The van der Waals surface area contributed by atoms with Crippen molar-refractivity contribution in [2.24, 2.45) is 0 Å². The lowest BCUT2D eigenvalue weighted by atomic mass is 10.0. The summed E-state index contributed by atoms with van der Waals surface area (Å²) >= 11 is 0. The minimum absolute atomic E-state index is 0.120.